The van der Waals surface area contributed by atoms with Crippen LogP contribution in [0.3, 0.4) is 0 Å². The molecule has 3 nitrogen and oxygen atoms in total. The third-order valence-corrected chi connectivity index (χ3v) is 6.14. The van der Waals surface area contributed by atoms with Crippen molar-refractivity contribution < 1.29 is 21.6 Å². The molecule has 0 spiro atoms. The van der Waals surface area contributed by atoms with Crippen LogP contribution in [0.15, 0.2) is 23.1 Å². The van der Waals surface area contributed by atoms with Gasteiger partial charge in [0.15, 0.2) is 0 Å². The fourth-order valence-electron chi connectivity index (χ4n) is 1.69. The van der Waals surface area contributed by atoms with Crippen molar-refractivity contribution in [3.63, 3.8) is 0 Å². The molecule has 1 atom stereocenters. The average Bonchev–Trinajstić information content (AvgIpc) is 2.35. The highest BCUT2D eigenvalue weighted by molar-refractivity contribution is 9.09. The van der Waals surface area contributed by atoms with Gasteiger partial charge in [-0.15, -0.1) is 0 Å². The molecule has 0 aliphatic carbocycles. The Bertz CT molecular complexity index is 587. The first-order valence-electron chi connectivity index (χ1n) is 5.74. The molecular formula is C12H15BrF3NO2S. The smallest absolute Gasteiger partial charge is 0.207 e. The summed E-state index contributed by atoms with van der Waals surface area (Å²) in [6.45, 7) is 2.83. The van der Waals surface area contributed by atoms with Crippen LogP contribution in [0.25, 0.3) is 0 Å². The molecule has 0 saturated heterocycles. The summed E-state index contributed by atoms with van der Waals surface area (Å²) in [5.74, 6) is 0. The van der Waals surface area contributed by atoms with Gasteiger partial charge in [0.05, 0.1) is 10.5 Å². The Balaban J connectivity index is 3.41. The van der Waals surface area contributed by atoms with Gasteiger partial charge >= 0.3 is 6.18 Å². The van der Waals surface area contributed by atoms with E-state index in [1.807, 2.05) is 0 Å². The number of benzene rings is 1. The summed E-state index contributed by atoms with van der Waals surface area (Å²) in [4.78, 5) is -0.317. The molecule has 0 amide bonds. The predicted octanol–water partition coefficient (Wildman–Crippen LogP) is 3.42. The molecule has 1 aromatic rings. The lowest BCUT2D eigenvalue weighted by molar-refractivity contribution is -0.138. The second kappa shape index (κ2) is 6.03. The van der Waals surface area contributed by atoms with Gasteiger partial charge in [-0.2, -0.15) is 17.5 Å². The third-order valence-electron chi connectivity index (χ3n) is 3.09. The lowest BCUT2D eigenvalue weighted by Crippen LogP contribution is -2.36. The van der Waals surface area contributed by atoms with Crippen LogP contribution in [0.5, 0.6) is 0 Å². The van der Waals surface area contributed by atoms with E-state index in [0.717, 1.165) is 16.4 Å². The Morgan fingerprint density at radius 2 is 1.90 bits per heavy atom. The standard InChI is InChI=1S/C12H15BrF3NO2S/c1-8(7-13)17(3)20(18,19)11-6-4-5-10(9(11)2)12(14,15)16/h4-6,8H,7H2,1-3H3. The maximum Gasteiger partial charge on any atom is 0.416 e. The van der Waals surface area contributed by atoms with E-state index in [2.05, 4.69) is 15.9 Å². The van der Waals surface area contributed by atoms with Crippen molar-refractivity contribution >= 4 is 26.0 Å². The molecule has 0 heterocycles. The summed E-state index contributed by atoms with van der Waals surface area (Å²) in [6, 6.07) is 2.81. The minimum Gasteiger partial charge on any atom is -0.207 e. The number of alkyl halides is 4. The molecule has 20 heavy (non-hydrogen) atoms. The number of sulfonamides is 1. The summed E-state index contributed by atoms with van der Waals surface area (Å²) in [7, 11) is -2.61. The van der Waals surface area contributed by atoms with Crippen molar-refractivity contribution in [2.24, 2.45) is 0 Å². The zero-order valence-corrected chi connectivity index (χ0v) is 13.6. The Kier molecular flexibility index (Phi) is 5.26. The SMILES string of the molecule is Cc1c(C(F)(F)F)cccc1S(=O)(=O)N(C)C(C)CBr. The summed E-state index contributed by atoms with van der Waals surface area (Å²) in [5.41, 5.74) is -1.22. The van der Waals surface area contributed by atoms with Gasteiger partial charge in [0.25, 0.3) is 0 Å². The van der Waals surface area contributed by atoms with Gasteiger partial charge in [-0.25, -0.2) is 8.42 Å². The molecule has 8 heteroatoms. The van der Waals surface area contributed by atoms with Gasteiger partial charge in [-0.05, 0) is 31.5 Å². The second-order valence-electron chi connectivity index (χ2n) is 4.45. The van der Waals surface area contributed by atoms with Gasteiger partial charge in [-0.3, -0.25) is 0 Å². The van der Waals surface area contributed by atoms with Crippen LogP contribution in [-0.2, 0) is 16.2 Å². The van der Waals surface area contributed by atoms with Crippen molar-refractivity contribution in [1.82, 2.24) is 4.31 Å². The quantitative estimate of drug-likeness (QED) is 0.758. The van der Waals surface area contributed by atoms with Crippen LogP contribution >= 0.6 is 15.9 Å². The van der Waals surface area contributed by atoms with E-state index in [4.69, 9.17) is 0 Å². The maximum atomic E-state index is 12.8. The number of halogens is 4. The summed E-state index contributed by atoms with van der Waals surface area (Å²) in [6.07, 6.45) is -4.57. The molecule has 1 unspecified atom stereocenters. The average molecular weight is 374 g/mol. The number of hydrogen-bond donors (Lipinski definition) is 0. The minimum atomic E-state index is -4.57. The Morgan fingerprint density at radius 3 is 2.35 bits per heavy atom. The summed E-state index contributed by atoms with van der Waals surface area (Å²) < 4.78 is 64.3. The van der Waals surface area contributed by atoms with Crippen molar-refractivity contribution in [3.05, 3.63) is 29.3 Å². The van der Waals surface area contributed by atoms with E-state index in [1.54, 1.807) is 6.92 Å². The molecule has 0 fully saturated rings. The second-order valence-corrected chi connectivity index (χ2v) is 7.06. The monoisotopic (exact) mass is 373 g/mol. The van der Waals surface area contributed by atoms with Crippen LogP contribution in [0.1, 0.15) is 18.1 Å². The Morgan fingerprint density at radius 1 is 1.35 bits per heavy atom. The molecular weight excluding hydrogens is 359 g/mol. The predicted molar refractivity (Wildman–Crippen MR) is 74.4 cm³/mol. The first kappa shape index (κ1) is 17.5. The van der Waals surface area contributed by atoms with E-state index < -0.39 is 21.8 Å². The lowest BCUT2D eigenvalue weighted by atomic mass is 10.1. The summed E-state index contributed by atoms with van der Waals surface area (Å²) >= 11 is 3.16. The highest BCUT2D eigenvalue weighted by Crippen LogP contribution is 2.34. The zero-order valence-electron chi connectivity index (χ0n) is 11.2. The van der Waals surface area contributed by atoms with Gasteiger partial charge < -0.3 is 0 Å². The highest BCUT2D eigenvalue weighted by Gasteiger charge is 2.35. The molecule has 1 rings (SSSR count). The molecule has 0 aromatic heterocycles. The van der Waals surface area contributed by atoms with Crippen molar-refractivity contribution in [2.75, 3.05) is 12.4 Å². The van der Waals surface area contributed by atoms with Crippen LogP contribution < -0.4 is 0 Å². The minimum absolute atomic E-state index is 0.284. The molecule has 0 aliphatic rings. The fraction of sp³-hybridized carbons (Fsp3) is 0.500. The fourth-order valence-corrected chi connectivity index (χ4v) is 3.92. The molecule has 1 aromatic carbocycles. The summed E-state index contributed by atoms with van der Waals surface area (Å²) in [5, 5.41) is 0.390. The zero-order chi connectivity index (χ0) is 15.7. The van der Waals surface area contributed by atoms with Crippen LogP contribution in [0.4, 0.5) is 13.2 Å². The molecule has 0 radical (unpaired) electrons. The topological polar surface area (TPSA) is 37.4 Å². The number of nitrogens with zero attached hydrogens (tertiary/aromatic N) is 1. The molecule has 0 N–H and O–H groups in total. The molecule has 0 bridgehead atoms. The van der Waals surface area contributed by atoms with Crippen molar-refractivity contribution in [3.8, 4) is 0 Å². The molecule has 0 aliphatic heterocycles. The van der Waals surface area contributed by atoms with Crippen LogP contribution in [0.2, 0.25) is 0 Å². The maximum absolute atomic E-state index is 12.8. The van der Waals surface area contributed by atoms with E-state index in [9.17, 15) is 21.6 Å². The van der Waals surface area contributed by atoms with Gasteiger partial charge in [-0.1, -0.05) is 22.0 Å². The van der Waals surface area contributed by atoms with E-state index in [1.165, 1.54) is 20.0 Å². The first-order valence-corrected chi connectivity index (χ1v) is 8.30. The van der Waals surface area contributed by atoms with E-state index in [-0.39, 0.29) is 16.5 Å². The van der Waals surface area contributed by atoms with E-state index in [0.29, 0.717) is 5.33 Å². The van der Waals surface area contributed by atoms with E-state index >= 15 is 0 Å². The van der Waals surface area contributed by atoms with Gasteiger partial charge in [0.1, 0.15) is 0 Å². The largest absolute Gasteiger partial charge is 0.416 e. The molecule has 0 saturated carbocycles. The third kappa shape index (κ3) is 3.35. The number of rotatable bonds is 4. The van der Waals surface area contributed by atoms with Gasteiger partial charge in [0.2, 0.25) is 10.0 Å². The highest BCUT2D eigenvalue weighted by atomic mass is 79.9. The normalized spacial score (nSPS) is 14.6. The first-order chi connectivity index (χ1) is 9.03. The molecule has 114 valence electrons. The van der Waals surface area contributed by atoms with Crippen LogP contribution in [-0.4, -0.2) is 31.1 Å². The van der Waals surface area contributed by atoms with Crippen molar-refractivity contribution in [2.45, 2.75) is 31.0 Å². The number of hydrogen-bond acceptors (Lipinski definition) is 2. The Hall–Kier alpha value is -0.600. The van der Waals surface area contributed by atoms with Crippen LogP contribution in [0, 0.1) is 6.92 Å². The van der Waals surface area contributed by atoms with Crippen molar-refractivity contribution in [1.29, 1.82) is 0 Å². The Labute approximate surface area is 125 Å². The lowest BCUT2D eigenvalue weighted by Gasteiger charge is -2.24. The van der Waals surface area contributed by atoms with Gasteiger partial charge in [0, 0.05) is 18.4 Å².